The quantitative estimate of drug-likeness (QED) is 0.718. The van der Waals surface area contributed by atoms with Crippen LogP contribution < -0.4 is 15.2 Å². The number of benzene rings is 2. The van der Waals surface area contributed by atoms with Crippen molar-refractivity contribution < 1.29 is 9.47 Å². The second-order valence-corrected chi connectivity index (χ2v) is 5.82. The lowest BCUT2D eigenvalue weighted by Gasteiger charge is -2.20. The molecule has 4 heteroatoms. The molecule has 2 aromatic rings. The Kier molecular flexibility index (Phi) is 8.66. The van der Waals surface area contributed by atoms with Crippen LogP contribution >= 0.6 is 12.4 Å². The zero-order valence-corrected chi connectivity index (χ0v) is 15.5. The van der Waals surface area contributed by atoms with Gasteiger partial charge in [-0.25, -0.2) is 0 Å². The molecule has 0 fully saturated rings. The summed E-state index contributed by atoms with van der Waals surface area (Å²) < 4.78 is 11.7. The second-order valence-electron chi connectivity index (χ2n) is 5.82. The third-order valence-corrected chi connectivity index (χ3v) is 4.15. The van der Waals surface area contributed by atoms with E-state index in [0.29, 0.717) is 19.1 Å². The first-order valence-electron chi connectivity index (χ1n) is 8.34. The summed E-state index contributed by atoms with van der Waals surface area (Å²) in [7, 11) is 0. The van der Waals surface area contributed by atoms with Gasteiger partial charge in [0, 0.05) is 6.04 Å². The van der Waals surface area contributed by atoms with Gasteiger partial charge in [-0.1, -0.05) is 56.7 Å². The molecule has 0 aromatic heterocycles. The Morgan fingerprint density at radius 1 is 0.958 bits per heavy atom. The van der Waals surface area contributed by atoms with Crippen molar-refractivity contribution in [1.82, 2.24) is 0 Å². The summed E-state index contributed by atoms with van der Waals surface area (Å²) in [5.41, 5.74) is 8.56. The Hall–Kier alpha value is -1.71. The fraction of sp³-hybridized carbons (Fsp3) is 0.400. The smallest absolute Gasteiger partial charge is 0.161 e. The van der Waals surface area contributed by atoms with Crippen LogP contribution in [0.15, 0.2) is 48.5 Å². The van der Waals surface area contributed by atoms with Crippen LogP contribution in [0.2, 0.25) is 0 Å². The number of halogens is 1. The first-order chi connectivity index (χ1) is 11.2. The molecule has 0 aliphatic rings. The van der Waals surface area contributed by atoms with Crippen LogP contribution in [0.3, 0.4) is 0 Å². The summed E-state index contributed by atoms with van der Waals surface area (Å²) in [6.07, 6.45) is 1.05. The van der Waals surface area contributed by atoms with Gasteiger partial charge < -0.3 is 15.2 Å². The lowest BCUT2D eigenvalue weighted by atomic mass is 9.93. The van der Waals surface area contributed by atoms with Crippen molar-refractivity contribution in [2.45, 2.75) is 39.8 Å². The molecule has 0 aliphatic carbocycles. The molecule has 3 nitrogen and oxygen atoms in total. The fourth-order valence-electron chi connectivity index (χ4n) is 2.44. The Labute approximate surface area is 151 Å². The average Bonchev–Trinajstić information content (AvgIpc) is 2.60. The molecule has 2 N–H and O–H groups in total. The van der Waals surface area contributed by atoms with Gasteiger partial charge in [-0.2, -0.15) is 0 Å². The normalized spacial score (nSPS) is 12.8. The van der Waals surface area contributed by atoms with Gasteiger partial charge in [0.1, 0.15) is 6.61 Å². The molecule has 0 radical (unpaired) electrons. The van der Waals surface area contributed by atoms with Crippen molar-refractivity contribution >= 4 is 12.4 Å². The summed E-state index contributed by atoms with van der Waals surface area (Å²) in [6.45, 7) is 7.43. The number of hydrogen-bond donors (Lipinski definition) is 1. The maximum absolute atomic E-state index is 6.33. The van der Waals surface area contributed by atoms with Gasteiger partial charge in [0.2, 0.25) is 0 Å². The molecule has 24 heavy (non-hydrogen) atoms. The minimum absolute atomic E-state index is 0. The van der Waals surface area contributed by atoms with E-state index < -0.39 is 0 Å². The molecule has 0 spiro atoms. The van der Waals surface area contributed by atoms with E-state index in [-0.39, 0.29) is 18.4 Å². The van der Waals surface area contributed by atoms with E-state index in [4.69, 9.17) is 15.2 Å². The van der Waals surface area contributed by atoms with Crippen LogP contribution in [0.1, 0.15) is 44.4 Å². The van der Waals surface area contributed by atoms with Crippen molar-refractivity contribution in [2.75, 3.05) is 6.61 Å². The highest BCUT2D eigenvalue weighted by Crippen LogP contribution is 2.33. The third kappa shape index (κ3) is 5.43. The highest BCUT2D eigenvalue weighted by Gasteiger charge is 2.16. The van der Waals surface area contributed by atoms with Crippen molar-refractivity contribution in [3.8, 4) is 11.5 Å². The van der Waals surface area contributed by atoms with Gasteiger partial charge >= 0.3 is 0 Å². The van der Waals surface area contributed by atoms with Crippen molar-refractivity contribution in [2.24, 2.45) is 11.7 Å². The lowest BCUT2D eigenvalue weighted by molar-refractivity contribution is 0.268. The predicted octanol–water partition coefficient (Wildman–Crippen LogP) is 5.13. The molecule has 2 aromatic carbocycles. The molecule has 0 saturated carbocycles. The van der Waals surface area contributed by atoms with Crippen LogP contribution in [0, 0.1) is 5.92 Å². The average molecular weight is 350 g/mol. The van der Waals surface area contributed by atoms with Gasteiger partial charge in [-0.05, 0) is 36.1 Å². The zero-order chi connectivity index (χ0) is 16.7. The molecule has 2 rings (SSSR count). The topological polar surface area (TPSA) is 44.5 Å². The Balaban J connectivity index is 0.00000288. The van der Waals surface area contributed by atoms with Crippen molar-refractivity contribution in [3.63, 3.8) is 0 Å². The van der Waals surface area contributed by atoms with Crippen LogP contribution in [-0.4, -0.2) is 6.61 Å². The monoisotopic (exact) mass is 349 g/mol. The van der Waals surface area contributed by atoms with E-state index >= 15 is 0 Å². The third-order valence-electron chi connectivity index (χ3n) is 4.15. The van der Waals surface area contributed by atoms with Crippen LogP contribution in [0.25, 0.3) is 0 Å². The number of hydrogen-bond acceptors (Lipinski definition) is 3. The molecular weight excluding hydrogens is 322 g/mol. The molecule has 2 atom stereocenters. The Morgan fingerprint density at radius 3 is 2.29 bits per heavy atom. The minimum Gasteiger partial charge on any atom is -0.490 e. The highest BCUT2D eigenvalue weighted by atomic mass is 35.5. The van der Waals surface area contributed by atoms with E-state index in [1.165, 1.54) is 0 Å². The van der Waals surface area contributed by atoms with Gasteiger partial charge in [-0.3, -0.25) is 0 Å². The van der Waals surface area contributed by atoms with Gasteiger partial charge in [0.05, 0.1) is 6.61 Å². The van der Waals surface area contributed by atoms with Gasteiger partial charge in [-0.15, -0.1) is 12.4 Å². The first-order valence-corrected chi connectivity index (χ1v) is 8.34. The highest BCUT2D eigenvalue weighted by molar-refractivity contribution is 5.85. The van der Waals surface area contributed by atoms with E-state index in [1.807, 2.05) is 55.5 Å². The van der Waals surface area contributed by atoms with Crippen LogP contribution in [-0.2, 0) is 6.61 Å². The van der Waals surface area contributed by atoms with Crippen molar-refractivity contribution in [3.05, 3.63) is 59.7 Å². The standard InChI is InChI=1S/C20H27NO2.ClH/c1-4-15(3)20(21)17-11-12-18(19(13-17)22-5-2)23-14-16-9-7-6-8-10-16;/h6-13,15,20H,4-5,14,21H2,1-3H3;1H/t15?,20-;/m1./s1. The Bertz CT molecular complexity index is 604. The molecule has 0 amide bonds. The molecule has 132 valence electrons. The summed E-state index contributed by atoms with van der Waals surface area (Å²) >= 11 is 0. The lowest BCUT2D eigenvalue weighted by Crippen LogP contribution is -2.18. The first kappa shape index (κ1) is 20.3. The maximum Gasteiger partial charge on any atom is 0.161 e. The van der Waals surface area contributed by atoms with E-state index in [2.05, 4.69) is 13.8 Å². The van der Waals surface area contributed by atoms with Crippen molar-refractivity contribution in [1.29, 1.82) is 0 Å². The summed E-state index contributed by atoms with van der Waals surface area (Å²) in [6, 6.07) is 16.2. The van der Waals surface area contributed by atoms with E-state index in [9.17, 15) is 0 Å². The minimum atomic E-state index is 0. The van der Waals surface area contributed by atoms with Gasteiger partial charge in [0.25, 0.3) is 0 Å². The van der Waals surface area contributed by atoms with Crippen LogP contribution in [0.5, 0.6) is 11.5 Å². The van der Waals surface area contributed by atoms with Gasteiger partial charge in [0.15, 0.2) is 11.5 Å². The fourth-order valence-corrected chi connectivity index (χ4v) is 2.44. The summed E-state index contributed by atoms with van der Waals surface area (Å²) in [4.78, 5) is 0. The molecule has 0 saturated heterocycles. The molecule has 1 unspecified atom stereocenters. The maximum atomic E-state index is 6.33. The Morgan fingerprint density at radius 2 is 1.67 bits per heavy atom. The molecular formula is C20H28ClNO2. The second kappa shape index (κ2) is 10.2. The number of rotatable bonds is 8. The number of nitrogens with two attached hydrogens (primary N) is 1. The molecule has 0 bridgehead atoms. The van der Waals surface area contributed by atoms with Crippen LogP contribution in [0.4, 0.5) is 0 Å². The molecule has 0 aliphatic heterocycles. The van der Waals surface area contributed by atoms with E-state index in [1.54, 1.807) is 0 Å². The predicted molar refractivity (Wildman–Crippen MR) is 102 cm³/mol. The SMILES string of the molecule is CCOc1cc([C@H](N)C(C)CC)ccc1OCc1ccccc1.Cl. The largest absolute Gasteiger partial charge is 0.490 e. The molecule has 0 heterocycles. The summed E-state index contributed by atoms with van der Waals surface area (Å²) in [5.74, 6) is 1.95. The zero-order valence-electron chi connectivity index (χ0n) is 14.7. The number of ether oxygens (including phenoxy) is 2. The summed E-state index contributed by atoms with van der Waals surface area (Å²) in [5, 5.41) is 0. The van der Waals surface area contributed by atoms with E-state index in [0.717, 1.165) is 29.0 Å².